The molecule has 0 aliphatic rings. The van der Waals surface area contributed by atoms with E-state index < -0.39 is 0 Å². The molecular weight excluding hydrogens is 472 g/mol. The largest absolute Gasteiger partial charge is 0.457 e. The van der Waals surface area contributed by atoms with E-state index in [1.165, 1.54) is 44.2 Å². The van der Waals surface area contributed by atoms with Gasteiger partial charge in [-0.25, -0.2) is 0 Å². The Labute approximate surface area is 230 Å². The first-order chi connectivity index (χ1) is 19.1. The summed E-state index contributed by atoms with van der Waals surface area (Å²) in [5.74, 6) is 1.67. The molecule has 0 amide bonds. The van der Waals surface area contributed by atoms with Gasteiger partial charge in [-0.2, -0.15) is 0 Å². The minimum absolute atomic E-state index is 0.836. The van der Waals surface area contributed by atoms with E-state index in [2.05, 4.69) is 147 Å². The van der Waals surface area contributed by atoms with Crippen LogP contribution in [0.3, 0.4) is 0 Å². The lowest BCUT2D eigenvalue weighted by atomic mass is 10.0. The maximum absolute atomic E-state index is 6.26. The second-order valence-electron chi connectivity index (χ2n) is 10.1. The third-order valence-corrected chi connectivity index (χ3v) is 7.00. The minimum atomic E-state index is 0.836. The van der Waals surface area contributed by atoms with E-state index in [1.807, 2.05) is 12.1 Å². The van der Waals surface area contributed by atoms with Crippen molar-refractivity contribution < 1.29 is 4.74 Å². The molecule has 0 saturated heterocycles. The van der Waals surface area contributed by atoms with Crippen LogP contribution < -0.4 is 4.74 Å². The van der Waals surface area contributed by atoms with E-state index in [-0.39, 0.29) is 0 Å². The van der Waals surface area contributed by atoms with E-state index in [4.69, 9.17) is 4.74 Å². The zero-order chi connectivity index (χ0) is 26.6. The summed E-state index contributed by atoms with van der Waals surface area (Å²) in [6, 6.07) is 42.7. The monoisotopic (exact) mass is 502 g/mol. The molecule has 0 heterocycles. The maximum atomic E-state index is 6.26. The third kappa shape index (κ3) is 6.00. The molecule has 0 aliphatic heterocycles. The van der Waals surface area contributed by atoms with Crippen LogP contribution in [-0.4, -0.2) is 0 Å². The van der Waals surface area contributed by atoms with Gasteiger partial charge in [-0.3, -0.25) is 0 Å². The van der Waals surface area contributed by atoms with Crippen LogP contribution in [0.1, 0.15) is 33.4 Å². The van der Waals surface area contributed by atoms with Crippen molar-refractivity contribution in [1.29, 1.82) is 0 Å². The van der Waals surface area contributed by atoms with Crippen molar-refractivity contribution in [3.63, 3.8) is 0 Å². The minimum Gasteiger partial charge on any atom is -0.457 e. The Morgan fingerprint density at radius 3 is 1.13 bits per heavy atom. The van der Waals surface area contributed by atoms with Gasteiger partial charge in [-0.15, -0.1) is 0 Å². The SMILES string of the molecule is Cc1ccc(C=Cc2ccc3cc(Oc4ccc5cc(C=Cc6ccc(C)cc6)ccc5c4)ccc3c2)cc1. The lowest BCUT2D eigenvalue weighted by Crippen LogP contribution is -1.86. The quantitative estimate of drug-likeness (QED) is 0.206. The Bertz CT molecular complexity index is 1680. The molecule has 0 aromatic heterocycles. The van der Waals surface area contributed by atoms with Gasteiger partial charge < -0.3 is 4.74 Å². The van der Waals surface area contributed by atoms with Gasteiger partial charge in [0.2, 0.25) is 0 Å². The number of aryl methyl sites for hydroxylation is 2. The van der Waals surface area contributed by atoms with E-state index in [0.29, 0.717) is 0 Å². The van der Waals surface area contributed by atoms with Crippen LogP contribution >= 0.6 is 0 Å². The fourth-order valence-electron chi connectivity index (χ4n) is 4.70. The second kappa shape index (κ2) is 10.8. The highest BCUT2D eigenvalue weighted by Gasteiger charge is 2.03. The Kier molecular flexibility index (Phi) is 6.80. The zero-order valence-corrected chi connectivity index (χ0v) is 22.3. The number of rotatable bonds is 6. The molecule has 188 valence electrons. The topological polar surface area (TPSA) is 9.23 Å². The predicted molar refractivity (Wildman–Crippen MR) is 168 cm³/mol. The van der Waals surface area contributed by atoms with Crippen LogP contribution in [0.15, 0.2) is 121 Å². The summed E-state index contributed by atoms with van der Waals surface area (Å²) >= 11 is 0. The number of hydrogen-bond acceptors (Lipinski definition) is 1. The fraction of sp³-hybridized carbons (Fsp3) is 0.0526. The molecule has 6 rings (SSSR count). The molecule has 0 radical (unpaired) electrons. The Morgan fingerprint density at radius 2 is 0.692 bits per heavy atom. The van der Waals surface area contributed by atoms with Gasteiger partial charge in [-0.05, 0) is 94.0 Å². The predicted octanol–water partition coefficient (Wildman–Crippen LogP) is 10.7. The van der Waals surface area contributed by atoms with Gasteiger partial charge in [0, 0.05) is 0 Å². The van der Waals surface area contributed by atoms with Gasteiger partial charge in [-0.1, -0.05) is 120 Å². The average molecular weight is 503 g/mol. The van der Waals surface area contributed by atoms with E-state index in [9.17, 15) is 0 Å². The van der Waals surface area contributed by atoms with Crippen molar-refractivity contribution >= 4 is 45.8 Å². The smallest absolute Gasteiger partial charge is 0.128 e. The summed E-state index contributed by atoms with van der Waals surface area (Å²) in [5, 5.41) is 4.70. The summed E-state index contributed by atoms with van der Waals surface area (Å²) in [6.45, 7) is 4.22. The molecule has 1 nitrogen and oxygen atoms in total. The lowest BCUT2D eigenvalue weighted by molar-refractivity contribution is 0.484. The van der Waals surface area contributed by atoms with Crippen LogP contribution in [0, 0.1) is 13.8 Å². The first-order valence-electron chi connectivity index (χ1n) is 13.3. The average Bonchev–Trinajstić information content (AvgIpc) is 2.96. The molecule has 6 aromatic rings. The van der Waals surface area contributed by atoms with Crippen molar-refractivity contribution in [3.8, 4) is 11.5 Å². The van der Waals surface area contributed by atoms with Gasteiger partial charge in [0.25, 0.3) is 0 Å². The van der Waals surface area contributed by atoms with E-state index in [0.717, 1.165) is 22.3 Å². The van der Waals surface area contributed by atoms with Crippen molar-refractivity contribution in [2.75, 3.05) is 0 Å². The van der Waals surface area contributed by atoms with Crippen LogP contribution in [0.4, 0.5) is 0 Å². The summed E-state index contributed by atoms with van der Waals surface area (Å²) in [5.41, 5.74) is 7.31. The third-order valence-electron chi connectivity index (χ3n) is 7.00. The Balaban J connectivity index is 1.16. The zero-order valence-electron chi connectivity index (χ0n) is 22.3. The van der Waals surface area contributed by atoms with Gasteiger partial charge in [0.15, 0.2) is 0 Å². The van der Waals surface area contributed by atoms with Crippen LogP contribution in [0.5, 0.6) is 11.5 Å². The van der Waals surface area contributed by atoms with E-state index in [1.54, 1.807) is 0 Å². The normalized spacial score (nSPS) is 11.6. The maximum Gasteiger partial charge on any atom is 0.128 e. The molecule has 39 heavy (non-hydrogen) atoms. The van der Waals surface area contributed by atoms with Crippen LogP contribution in [-0.2, 0) is 0 Å². The first-order valence-corrected chi connectivity index (χ1v) is 13.3. The Hall–Kier alpha value is -4.88. The molecule has 0 aliphatic carbocycles. The molecule has 6 aromatic carbocycles. The highest BCUT2D eigenvalue weighted by molar-refractivity contribution is 5.88. The molecule has 0 atom stereocenters. The van der Waals surface area contributed by atoms with Crippen molar-refractivity contribution in [3.05, 3.63) is 155 Å². The van der Waals surface area contributed by atoms with Crippen molar-refractivity contribution in [2.24, 2.45) is 0 Å². The summed E-state index contributed by atoms with van der Waals surface area (Å²) in [4.78, 5) is 0. The number of fused-ring (bicyclic) bond motifs is 2. The molecule has 0 fully saturated rings. The van der Waals surface area contributed by atoms with Gasteiger partial charge >= 0.3 is 0 Å². The molecule has 0 bridgehead atoms. The number of ether oxygens (including phenoxy) is 1. The Morgan fingerprint density at radius 1 is 0.359 bits per heavy atom. The highest BCUT2D eigenvalue weighted by atomic mass is 16.5. The second-order valence-corrected chi connectivity index (χ2v) is 10.1. The van der Waals surface area contributed by atoms with Crippen LogP contribution in [0.2, 0.25) is 0 Å². The molecule has 1 heteroatoms. The first kappa shape index (κ1) is 24.5. The lowest BCUT2D eigenvalue weighted by Gasteiger charge is -2.09. The molecule has 0 unspecified atom stereocenters. The molecule has 0 N–H and O–H groups in total. The van der Waals surface area contributed by atoms with Crippen molar-refractivity contribution in [1.82, 2.24) is 0 Å². The standard InChI is InChI=1S/C38H30O/c1-27-3-7-29(8-4-27)11-13-31-15-17-35-25-37(21-19-33(35)23-31)39-38-22-20-34-24-32(16-18-36(34)26-38)14-12-30-9-5-28(2)6-10-30/h3-26H,1-2H3. The highest BCUT2D eigenvalue weighted by Crippen LogP contribution is 2.29. The summed E-state index contributed by atoms with van der Waals surface area (Å²) in [6.07, 6.45) is 8.63. The van der Waals surface area contributed by atoms with E-state index >= 15 is 0 Å². The van der Waals surface area contributed by atoms with Crippen LogP contribution in [0.25, 0.3) is 45.8 Å². The molecular formula is C38H30O. The summed E-state index contributed by atoms with van der Waals surface area (Å²) < 4.78 is 6.26. The molecule has 0 spiro atoms. The number of benzene rings is 6. The van der Waals surface area contributed by atoms with Gasteiger partial charge in [0.05, 0.1) is 0 Å². The van der Waals surface area contributed by atoms with Crippen molar-refractivity contribution in [2.45, 2.75) is 13.8 Å². The fourth-order valence-corrected chi connectivity index (χ4v) is 4.70. The van der Waals surface area contributed by atoms with Gasteiger partial charge in [0.1, 0.15) is 11.5 Å². The summed E-state index contributed by atoms with van der Waals surface area (Å²) in [7, 11) is 0. The number of hydrogen-bond donors (Lipinski definition) is 0. The molecule has 0 saturated carbocycles.